The summed E-state index contributed by atoms with van der Waals surface area (Å²) in [7, 11) is 3.30. The van der Waals surface area contributed by atoms with Gasteiger partial charge in [0.2, 0.25) is 0 Å². The summed E-state index contributed by atoms with van der Waals surface area (Å²) in [5.41, 5.74) is 1.83. The Kier molecular flexibility index (Phi) is 4.15. The van der Waals surface area contributed by atoms with Gasteiger partial charge in [-0.25, -0.2) is 0 Å². The Hall–Kier alpha value is -1.61. The van der Waals surface area contributed by atoms with Gasteiger partial charge in [-0.15, -0.1) is 0 Å². The van der Waals surface area contributed by atoms with E-state index in [1.807, 2.05) is 30.3 Å². The number of methoxy groups -OCH3 is 2. The molecule has 3 nitrogen and oxygen atoms in total. The van der Waals surface area contributed by atoms with Crippen LogP contribution in [0.5, 0.6) is 5.75 Å². The molecular weight excluding hydrogens is 228 g/mol. The van der Waals surface area contributed by atoms with E-state index >= 15 is 0 Å². The second-order valence-corrected chi connectivity index (χ2v) is 4.44. The van der Waals surface area contributed by atoms with Crippen molar-refractivity contribution in [2.24, 2.45) is 0 Å². The number of para-hydroxylation sites is 1. The Balaban J connectivity index is 2.21. The van der Waals surface area contributed by atoms with Crippen LogP contribution in [0.15, 0.2) is 29.8 Å². The van der Waals surface area contributed by atoms with E-state index in [1.165, 1.54) is 0 Å². The summed E-state index contributed by atoms with van der Waals surface area (Å²) in [6.45, 7) is 0. The molecular formula is C15H18O3. The monoisotopic (exact) mass is 246 g/mol. The van der Waals surface area contributed by atoms with E-state index in [2.05, 4.69) is 0 Å². The van der Waals surface area contributed by atoms with E-state index in [1.54, 1.807) is 14.2 Å². The molecule has 0 aromatic heterocycles. The predicted octanol–water partition coefficient (Wildman–Crippen LogP) is 2.85. The Morgan fingerprint density at radius 2 is 2.06 bits per heavy atom. The third-order valence-electron chi connectivity index (χ3n) is 3.31. The van der Waals surface area contributed by atoms with Crippen molar-refractivity contribution in [1.82, 2.24) is 0 Å². The lowest BCUT2D eigenvalue weighted by atomic mass is 9.90. The fraction of sp³-hybridized carbons (Fsp3) is 0.400. The lowest BCUT2D eigenvalue weighted by Crippen LogP contribution is -2.23. The molecule has 0 saturated heterocycles. The number of benzene rings is 1. The SMILES string of the molecule is COc1ccccc1C=C1CCC(OC)CC1=O. The highest BCUT2D eigenvalue weighted by atomic mass is 16.5. The number of hydrogen-bond acceptors (Lipinski definition) is 3. The van der Waals surface area contributed by atoms with Gasteiger partial charge in [-0.05, 0) is 30.6 Å². The summed E-state index contributed by atoms with van der Waals surface area (Å²) in [6, 6.07) is 7.73. The third-order valence-corrected chi connectivity index (χ3v) is 3.31. The van der Waals surface area contributed by atoms with Crippen LogP contribution in [-0.2, 0) is 9.53 Å². The second kappa shape index (κ2) is 5.83. The molecule has 0 spiro atoms. The average Bonchev–Trinajstić information content (AvgIpc) is 2.41. The smallest absolute Gasteiger partial charge is 0.161 e. The molecule has 3 heteroatoms. The van der Waals surface area contributed by atoms with Crippen LogP contribution in [0.2, 0.25) is 0 Å². The van der Waals surface area contributed by atoms with Crippen molar-refractivity contribution in [3.63, 3.8) is 0 Å². The maximum atomic E-state index is 12.0. The van der Waals surface area contributed by atoms with Crippen LogP contribution in [0.4, 0.5) is 0 Å². The number of allylic oxidation sites excluding steroid dienone is 1. The summed E-state index contributed by atoms with van der Waals surface area (Å²) in [5, 5.41) is 0. The summed E-state index contributed by atoms with van der Waals surface area (Å²) >= 11 is 0. The quantitative estimate of drug-likeness (QED) is 0.769. The zero-order valence-corrected chi connectivity index (χ0v) is 10.8. The maximum Gasteiger partial charge on any atom is 0.161 e. The van der Waals surface area contributed by atoms with E-state index in [9.17, 15) is 4.79 Å². The average molecular weight is 246 g/mol. The van der Waals surface area contributed by atoms with E-state index in [-0.39, 0.29) is 11.9 Å². The predicted molar refractivity (Wildman–Crippen MR) is 70.6 cm³/mol. The lowest BCUT2D eigenvalue weighted by molar-refractivity contribution is -0.119. The first-order valence-electron chi connectivity index (χ1n) is 6.14. The zero-order valence-electron chi connectivity index (χ0n) is 10.8. The molecule has 0 heterocycles. The Morgan fingerprint density at radius 3 is 2.72 bits per heavy atom. The van der Waals surface area contributed by atoms with Gasteiger partial charge in [-0.3, -0.25) is 4.79 Å². The van der Waals surface area contributed by atoms with Crippen molar-refractivity contribution in [2.75, 3.05) is 14.2 Å². The van der Waals surface area contributed by atoms with Crippen molar-refractivity contribution < 1.29 is 14.3 Å². The highest BCUT2D eigenvalue weighted by Crippen LogP contribution is 2.27. The van der Waals surface area contributed by atoms with E-state index in [0.717, 1.165) is 29.7 Å². The Labute approximate surface area is 107 Å². The van der Waals surface area contributed by atoms with Crippen LogP contribution in [0.1, 0.15) is 24.8 Å². The number of ketones is 1. The number of ether oxygens (including phenoxy) is 2. The molecule has 2 rings (SSSR count). The third kappa shape index (κ3) is 2.79. The minimum absolute atomic E-state index is 0.0762. The second-order valence-electron chi connectivity index (χ2n) is 4.44. The highest BCUT2D eigenvalue weighted by Gasteiger charge is 2.23. The molecule has 1 saturated carbocycles. The summed E-state index contributed by atoms with van der Waals surface area (Å²) in [6.07, 6.45) is 4.18. The Bertz CT molecular complexity index is 463. The summed E-state index contributed by atoms with van der Waals surface area (Å²) in [5.74, 6) is 0.977. The highest BCUT2D eigenvalue weighted by molar-refractivity contribution is 6.00. The van der Waals surface area contributed by atoms with Crippen LogP contribution >= 0.6 is 0 Å². The van der Waals surface area contributed by atoms with Gasteiger partial charge in [0.1, 0.15) is 5.75 Å². The number of rotatable bonds is 3. The molecule has 0 amide bonds. The van der Waals surface area contributed by atoms with E-state index in [4.69, 9.17) is 9.47 Å². The van der Waals surface area contributed by atoms with Crippen molar-refractivity contribution >= 4 is 11.9 Å². The van der Waals surface area contributed by atoms with Crippen LogP contribution < -0.4 is 4.74 Å². The molecule has 0 N–H and O–H groups in total. The van der Waals surface area contributed by atoms with Crippen LogP contribution in [0.3, 0.4) is 0 Å². The van der Waals surface area contributed by atoms with Crippen LogP contribution in [0.25, 0.3) is 6.08 Å². The van der Waals surface area contributed by atoms with Gasteiger partial charge >= 0.3 is 0 Å². The van der Waals surface area contributed by atoms with Crippen molar-refractivity contribution in [2.45, 2.75) is 25.4 Å². The van der Waals surface area contributed by atoms with Gasteiger partial charge < -0.3 is 9.47 Å². The first-order valence-corrected chi connectivity index (χ1v) is 6.14. The first-order chi connectivity index (χ1) is 8.74. The fourth-order valence-corrected chi connectivity index (χ4v) is 2.22. The number of carbonyl (C=O) groups is 1. The van der Waals surface area contributed by atoms with Crippen LogP contribution in [-0.4, -0.2) is 26.1 Å². The molecule has 0 aliphatic heterocycles. The van der Waals surface area contributed by atoms with E-state index in [0.29, 0.717) is 6.42 Å². The first kappa shape index (κ1) is 12.8. The molecule has 18 heavy (non-hydrogen) atoms. The Morgan fingerprint density at radius 1 is 1.28 bits per heavy atom. The van der Waals surface area contributed by atoms with Gasteiger partial charge in [0.05, 0.1) is 13.2 Å². The maximum absolute atomic E-state index is 12.0. The van der Waals surface area contributed by atoms with Crippen molar-refractivity contribution in [3.05, 3.63) is 35.4 Å². The topological polar surface area (TPSA) is 35.5 Å². The van der Waals surface area contributed by atoms with Crippen LogP contribution in [0, 0.1) is 0 Å². The number of carbonyl (C=O) groups excluding carboxylic acids is 1. The fourth-order valence-electron chi connectivity index (χ4n) is 2.22. The molecule has 1 aliphatic rings. The molecule has 1 aromatic carbocycles. The lowest BCUT2D eigenvalue weighted by Gasteiger charge is -2.21. The number of Topliss-reactive ketones (excluding diaryl/α,β-unsaturated/α-hetero) is 1. The molecule has 96 valence electrons. The zero-order chi connectivity index (χ0) is 13.0. The minimum atomic E-state index is 0.0762. The molecule has 1 aromatic rings. The summed E-state index contributed by atoms with van der Waals surface area (Å²) < 4.78 is 10.5. The van der Waals surface area contributed by atoms with E-state index < -0.39 is 0 Å². The van der Waals surface area contributed by atoms with Gasteiger partial charge in [-0.2, -0.15) is 0 Å². The van der Waals surface area contributed by atoms with Gasteiger partial charge in [-0.1, -0.05) is 18.2 Å². The van der Waals surface area contributed by atoms with Gasteiger partial charge in [0.15, 0.2) is 5.78 Å². The molecule has 0 radical (unpaired) electrons. The molecule has 1 unspecified atom stereocenters. The normalized spacial score (nSPS) is 22.2. The molecule has 1 fully saturated rings. The molecule has 1 aliphatic carbocycles. The molecule has 0 bridgehead atoms. The minimum Gasteiger partial charge on any atom is -0.496 e. The summed E-state index contributed by atoms with van der Waals surface area (Å²) in [4.78, 5) is 12.0. The molecule has 1 atom stereocenters. The standard InChI is InChI=1S/C15H18O3/c1-17-13-8-7-11(14(16)10-13)9-12-5-3-4-6-15(12)18-2/h3-6,9,13H,7-8,10H2,1-2H3. The van der Waals surface area contributed by atoms with Gasteiger partial charge in [0.25, 0.3) is 0 Å². The largest absolute Gasteiger partial charge is 0.496 e. The number of hydrogen-bond donors (Lipinski definition) is 0. The van der Waals surface area contributed by atoms with Gasteiger partial charge in [0, 0.05) is 19.1 Å². The van der Waals surface area contributed by atoms with Crippen molar-refractivity contribution in [1.29, 1.82) is 0 Å². The van der Waals surface area contributed by atoms with Crippen molar-refractivity contribution in [3.8, 4) is 5.75 Å².